The van der Waals surface area contributed by atoms with Gasteiger partial charge in [-0.05, 0) is 35.7 Å². The molecule has 0 bridgehead atoms. The van der Waals surface area contributed by atoms with Crippen molar-refractivity contribution >= 4 is 23.8 Å². The van der Waals surface area contributed by atoms with Gasteiger partial charge in [0.15, 0.2) is 0 Å². The van der Waals surface area contributed by atoms with E-state index in [1.165, 1.54) is 11.1 Å². The molecule has 0 saturated carbocycles. The third-order valence-electron chi connectivity index (χ3n) is 5.43. The number of hydrogen-bond acceptors (Lipinski definition) is 2. The molecule has 0 aliphatic rings. The zero-order valence-corrected chi connectivity index (χ0v) is 21.2. The molecule has 0 amide bonds. The summed E-state index contributed by atoms with van der Waals surface area (Å²) in [7, 11) is 0. The number of rotatable bonds is 6. The summed E-state index contributed by atoms with van der Waals surface area (Å²) < 4.78 is 0. The summed E-state index contributed by atoms with van der Waals surface area (Å²) in [6.07, 6.45) is 3.67. The van der Waals surface area contributed by atoms with Crippen molar-refractivity contribution in [2.45, 2.75) is 0 Å². The minimum Gasteiger partial charge on any atom is -0.302 e. The van der Waals surface area contributed by atoms with Crippen molar-refractivity contribution in [3.63, 3.8) is 0 Å². The molecule has 0 radical (unpaired) electrons. The maximum absolute atomic E-state index is 4.71. The van der Waals surface area contributed by atoms with E-state index in [4.69, 9.17) is 9.98 Å². The third-order valence-corrected chi connectivity index (χ3v) is 5.43. The fourth-order valence-electron chi connectivity index (χ4n) is 3.70. The molecule has 0 N–H and O–H groups in total. The summed E-state index contributed by atoms with van der Waals surface area (Å²) in [5.74, 6) is 0. The van der Waals surface area contributed by atoms with E-state index in [0.717, 1.165) is 33.6 Å². The van der Waals surface area contributed by atoms with Gasteiger partial charge >= 0.3 is 21.1 Å². The van der Waals surface area contributed by atoms with Crippen molar-refractivity contribution < 1.29 is 21.1 Å². The Kier molecular flexibility index (Phi) is 8.33. The number of benzene rings is 5. The van der Waals surface area contributed by atoms with Crippen LogP contribution in [0.2, 0.25) is 0 Å². The van der Waals surface area contributed by atoms with E-state index in [9.17, 15) is 0 Å². The molecule has 5 aromatic carbocycles. The summed E-state index contributed by atoms with van der Waals surface area (Å²) in [5.41, 5.74) is 8.07. The molecular weight excluding hydrogens is 607 g/mol. The second-order valence-corrected chi connectivity index (χ2v) is 7.80. The summed E-state index contributed by atoms with van der Waals surface area (Å²) in [5, 5.41) is 0. The molecule has 0 unspecified atom stereocenters. The molecule has 5 aromatic rings. The smallest absolute Gasteiger partial charge is 0.302 e. The van der Waals surface area contributed by atoms with Crippen LogP contribution in [0.3, 0.4) is 0 Å². The van der Waals surface area contributed by atoms with Crippen LogP contribution in [0.1, 0.15) is 11.1 Å². The maximum Gasteiger partial charge on any atom is 2.00 e. The van der Waals surface area contributed by atoms with Gasteiger partial charge in [-0.1, -0.05) is 72.8 Å². The van der Waals surface area contributed by atoms with Gasteiger partial charge in [0.25, 0.3) is 0 Å². The van der Waals surface area contributed by atoms with Crippen LogP contribution in [0.4, 0.5) is 11.4 Å². The van der Waals surface area contributed by atoms with Crippen LogP contribution in [0.25, 0.3) is 22.3 Å². The summed E-state index contributed by atoms with van der Waals surface area (Å²) >= 11 is 0. The molecule has 2 nitrogen and oxygen atoms in total. The van der Waals surface area contributed by atoms with Gasteiger partial charge in [-0.3, -0.25) is 0 Å². The molecule has 0 aliphatic heterocycles. The molecule has 0 fully saturated rings. The van der Waals surface area contributed by atoms with E-state index >= 15 is 0 Å². The van der Waals surface area contributed by atoms with Gasteiger partial charge in [0, 0.05) is 0 Å². The first-order chi connectivity index (χ1) is 16.8. The molecule has 0 aromatic heterocycles. The van der Waals surface area contributed by atoms with Crippen LogP contribution in [0.5, 0.6) is 0 Å². The molecule has 0 heterocycles. The van der Waals surface area contributed by atoms with E-state index in [2.05, 4.69) is 60.7 Å². The Bertz CT molecular complexity index is 1330. The van der Waals surface area contributed by atoms with Crippen LogP contribution in [-0.4, -0.2) is 12.4 Å². The number of para-hydroxylation sites is 2. The Labute approximate surface area is 221 Å². The van der Waals surface area contributed by atoms with E-state index in [-0.39, 0.29) is 21.1 Å². The largest absolute Gasteiger partial charge is 2.00 e. The van der Waals surface area contributed by atoms with E-state index < -0.39 is 0 Å². The standard InChI is InChI=1S/C32H22N2.Pt/c1-3-13-27(14-4-1)29-17-9-11-25(21-29)23-33-31-19-7-8-20-32(31)34-24-26-12-10-18-30(22-26)28-15-5-2-6-16-28;/h1-10,13-24H;/q-2;+2. The van der Waals surface area contributed by atoms with Crippen LogP contribution in [0.15, 0.2) is 131 Å². The molecule has 5 rings (SSSR count). The first-order valence-corrected chi connectivity index (χ1v) is 11.2. The van der Waals surface area contributed by atoms with Gasteiger partial charge in [0.1, 0.15) is 0 Å². The Morgan fingerprint density at radius 1 is 0.457 bits per heavy atom. The van der Waals surface area contributed by atoms with Crippen molar-refractivity contribution in [1.82, 2.24) is 0 Å². The number of hydrogen-bond donors (Lipinski definition) is 0. The second kappa shape index (κ2) is 12.0. The fourth-order valence-corrected chi connectivity index (χ4v) is 3.70. The van der Waals surface area contributed by atoms with Gasteiger partial charge in [-0.25, -0.2) is 0 Å². The molecular formula is C32H22N2Pt. The van der Waals surface area contributed by atoms with Crippen molar-refractivity contribution in [2.24, 2.45) is 9.98 Å². The predicted molar refractivity (Wildman–Crippen MR) is 142 cm³/mol. The molecule has 0 aliphatic carbocycles. The normalized spacial score (nSPS) is 11.0. The monoisotopic (exact) mass is 629 g/mol. The Morgan fingerprint density at radius 2 is 0.857 bits per heavy atom. The summed E-state index contributed by atoms with van der Waals surface area (Å²) in [6, 6.07) is 47.2. The van der Waals surface area contributed by atoms with Crippen LogP contribution >= 0.6 is 0 Å². The molecule has 0 spiro atoms. The molecule has 0 atom stereocenters. The second-order valence-electron chi connectivity index (χ2n) is 7.80. The zero-order chi connectivity index (χ0) is 23.0. The van der Waals surface area contributed by atoms with Crippen LogP contribution in [-0.2, 0) is 21.1 Å². The zero-order valence-electron chi connectivity index (χ0n) is 18.9. The van der Waals surface area contributed by atoms with Gasteiger partial charge in [0.05, 0.1) is 11.4 Å². The molecule has 0 saturated heterocycles. The van der Waals surface area contributed by atoms with Gasteiger partial charge in [-0.15, -0.1) is 70.8 Å². The predicted octanol–water partition coefficient (Wildman–Crippen LogP) is 8.12. The fraction of sp³-hybridized carbons (Fsp3) is 0. The SMILES string of the molecule is [Pt+2].[c-]1ccc(-c2ccccc2)cc1C=Nc1ccccc1N=Cc1[c-]ccc(-c2ccccc2)c1. The topological polar surface area (TPSA) is 24.7 Å². The minimum absolute atomic E-state index is 0. The van der Waals surface area contributed by atoms with Crippen LogP contribution < -0.4 is 0 Å². The number of aliphatic imine (C=N–C) groups is 2. The van der Waals surface area contributed by atoms with Crippen molar-refractivity contribution in [3.8, 4) is 22.3 Å². The number of nitrogens with zero attached hydrogens (tertiary/aromatic N) is 2. The third kappa shape index (κ3) is 6.38. The average Bonchev–Trinajstić information content (AvgIpc) is 2.92. The first kappa shape index (κ1) is 24.3. The first-order valence-electron chi connectivity index (χ1n) is 11.2. The van der Waals surface area contributed by atoms with Gasteiger partial charge in [-0.2, -0.15) is 0 Å². The Morgan fingerprint density at radius 3 is 1.29 bits per heavy atom. The Hall–Kier alpha value is -3.87. The van der Waals surface area contributed by atoms with Crippen molar-refractivity contribution in [3.05, 3.63) is 145 Å². The van der Waals surface area contributed by atoms with Gasteiger partial charge < -0.3 is 9.98 Å². The quantitative estimate of drug-likeness (QED) is 0.134. The molecule has 35 heavy (non-hydrogen) atoms. The van der Waals surface area contributed by atoms with Crippen LogP contribution in [0, 0.1) is 12.1 Å². The minimum atomic E-state index is 0. The van der Waals surface area contributed by atoms with Crippen molar-refractivity contribution in [2.75, 3.05) is 0 Å². The van der Waals surface area contributed by atoms with E-state index in [1.54, 1.807) is 0 Å². The van der Waals surface area contributed by atoms with E-state index in [1.807, 2.05) is 85.2 Å². The van der Waals surface area contributed by atoms with E-state index in [0.29, 0.717) is 0 Å². The Balaban J connectivity index is 0.00000289. The summed E-state index contributed by atoms with van der Waals surface area (Å²) in [4.78, 5) is 9.42. The average molecular weight is 630 g/mol. The van der Waals surface area contributed by atoms with Gasteiger partial charge in [0.2, 0.25) is 0 Å². The maximum atomic E-state index is 4.71. The molecule has 3 heteroatoms. The van der Waals surface area contributed by atoms with Crippen molar-refractivity contribution in [1.29, 1.82) is 0 Å². The molecule has 170 valence electrons. The summed E-state index contributed by atoms with van der Waals surface area (Å²) in [6.45, 7) is 0.